The monoisotopic (exact) mass is 236 g/mol. The van der Waals surface area contributed by atoms with E-state index >= 15 is 0 Å². The van der Waals surface area contributed by atoms with Crippen molar-refractivity contribution in [2.24, 2.45) is 5.92 Å². The molecule has 2 rings (SSSR count). The Hall–Kier alpha value is -0.960. The van der Waals surface area contributed by atoms with E-state index in [1.807, 2.05) is 30.8 Å². The molecule has 0 aliphatic carbocycles. The summed E-state index contributed by atoms with van der Waals surface area (Å²) in [6.45, 7) is 1.95. The summed E-state index contributed by atoms with van der Waals surface area (Å²) >= 11 is 1.85. The van der Waals surface area contributed by atoms with Crippen molar-refractivity contribution in [2.75, 3.05) is 5.75 Å². The highest BCUT2D eigenvalue weighted by Gasteiger charge is 2.27. The van der Waals surface area contributed by atoms with Gasteiger partial charge in [-0.25, -0.2) is 0 Å². The summed E-state index contributed by atoms with van der Waals surface area (Å²) in [4.78, 5) is 12.4. The van der Waals surface area contributed by atoms with Crippen LogP contribution in [0.15, 0.2) is 29.2 Å². The first-order valence-electron chi connectivity index (χ1n) is 5.67. The van der Waals surface area contributed by atoms with Gasteiger partial charge in [-0.3, -0.25) is 4.79 Å². The summed E-state index contributed by atoms with van der Waals surface area (Å²) in [7, 11) is 0. The van der Waals surface area contributed by atoms with Crippen LogP contribution in [0.3, 0.4) is 0 Å². The van der Waals surface area contributed by atoms with Crippen LogP contribution in [-0.2, 0) is 4.79 Å². The summed E-state index contributed by atoms with van der Waals surface area (Å²) in [6, 6.07) is 8.35. The van der Waals surface area contributed by atoms with Crippen molar-refractivity contribution in [1.82, 2.24) is 0 Å². The molecule has 0 radical (unpaired) electrons. The van der Waals surface area contributed by atoms with E-state index < -0.39 is 5.97 Å². The molecule has 0 saturated heterocycles. The van der Waals surface area contributed by atoms with E-state index in [1.165, 1.54) is 10.5 Å². The van der Waals surface area contributed by atoms with Gasteiger partial charge >= 0.3 is 5.97 Å². The van der Waals surface area contributed by atoms with Crippen molar-refractivity contribution in [2.45, 2.75) is 30.6 Å². The highest BCUT2D eigenvalue weighted by Crippen LogP contribution is 2.42. The van der Waals surface area contributed by atoms with Crippen molar-refractivity contribution in [3.05, 3.63) is 29.8 Å². The molecule has 1 aliphatic rings. The van der Waals surface area contributed by atoms with E-state index in [2.05, 4.69) is 12.1 Å². The molecule has 0 spiro atoms. The zero-order chi connectivity index (χ0) is 11.5. The topological polar surface area (TPSA) is 37.3 Å². The number of hydrogen-bond acceptors (Lipinski definition) is 2. The minimum atomic E-state index is -0.656. The highest BCUT2D eigenvalue weighted by molar-refractivity contribution is 7.99. The number of rotatable bonds is 4. The summed E-state index contributed by atoms with van der Waals surface area (Å²) in [5.74, 6) is 0.597. The van der Waals surface area contributed by atoms with Crippen molar-refractivity contribution in [3.8, 4) is 0 Å². The molecule has 1 aromatic carbocycles. The molecule has 1 heterocycles. The third-order valence-electron chi connectivity index (χ3n) is 3.21. The molecular formula is C13H16O2S. The summed E-state index contributed by atoms with van der Waals surface area (Å²) in [5, 5.41) is 9.07. The lowest BCUT2D eigenvalue weighted by molar-refractivity contribution is -0.142. The molecule has 2 atom stereocenters. The molecule has 0 aromatic heterocycles. The molecule has 2 nitrogen and oxygen atoms in total. The summed E-state index contributed by atoms with van der Waals surface area (Å²) in [6.07, 6.45) is 1.49. The molecule has 1 aliphatic heterocycles. The van der Waals surface area contributed by atoms with Gasteiger partial charge in [-0.05, 0) is 30.4 Å². The van der Waals surface area contributed by atoms with Gasteiger partial charge in [-0.2, -0.15) is 0 Å². The largest absolute Gasteiger partial charge is 0.481 e. The van der Waals surface area contributed by atoms with Gasteiger partial charge in [0.2, 0.25) is 0 Å². The van der Waals surface area contributed by atoms with Crippen molar-refractivity contribution < 1.29 is 9.90 Å². The molecule has 3 heteroatoms. The van der Waals surface area contributed by atoms with E-state index in [0.29, 0.717) is 5.92 Å². The average Bonchev–Trinajstić information content (AvgIpc) is 2.69. The van der Waals surface area contributed by atoms with Crippen LogP contribution in [-0.4, -0.2) is 16.8 Å². The fraction of sp³-hybridized carbons (Fsp3) is 0.462. The standard InChI is InChI=1S/C13H16O2S/c1-2-9(13(14)15)7-10-8-16-12-6-4-3-5-11(10)12/h3-6,9-10H,2,7-8H2,1H3,(H,14,15). The molecule has 0 saturated carbocycles. The molecule has 1 N–H and O–H groups in total. The first-order chi connectivity index (χ1) is 7.72. The molecule has 2 unspecified atom stereocenters. The fourth-order valence-corrected chi connectivity index (χ4v) is 3.48. The van der Waals surface area contributed by atoms with Gasteiger partial charge < -0.3 is 5.11 Å². The number of carbonyl (C=O) groups is 1. The van der Waals surface area contributed by atoms with Crippen LogP contribution in [0, 0.1) is 5.92 Å². The van der Waals surface area contributed by atoms with Crippen LogP contribution in [0.25, 0.3) is 0 Å². The lowest BCUT2D eigenvalue weighted by Gasteiger charge is -2.15. The molecule has 1 aromatic rings. The van der Waals surface area contributed by atoms with Crippen LogP contribution in [0.1, 0.15) is 31.2 Å². The third kappa shape index (κ3) is 2.24. The predicted molar refractivity (Wildman–Crippen MR) is 65.9 cm³/mol. The van der Waals surface area contributed by atoms with Gasteiger partial charge in [-0.15, -0.1) is 11.8 Å². The van der Waals surface area contributed by atoms with Gasteiger partial charge in [0.15, 0.2) is 0 Å². The Morgan fingerprint density at radius 2 is 2.31 bits per heavy atom. The van der Waals surface area contributed by atoms with Gasteiger partial charge in [0, 0.05) is 10.6 Å². The zero-order valence-electron chi connectivity index (χ0n) is 9.35. The summed E-state index contributed by atoms with van der Waals surface area (Å²) in [5.41, 5.74) is 1.34. The van der Waals surface area contributed by atoms with Crippen LogP contribution in [0.4, 0.5) is 0 Å². The SMILES string of the molecule is CCC(CC1CSc2ccccc21)C(=O)O. The Balaban J connectivity index is 2.11. The van der Waals surface area contributed by atoms with Crippen LogP contribution < -0.4 is 0 Å². The van der Waals surface area contributed by atoms with E-state index in [4.69, 9.17) is 5.11 Å². The Kier molecular flexibility index (Phi) is 3.54. The predicted octanol–water partition coefficient (Wildman–Crippen LogP) is 3.38. The Bertz CT molecular complexity index is 389. The number of aliphatic carboxylic acids is 1. The first kappa shape index (κ1) is 11.5. The maximum absolute atomic E-state index is 11.0. The Morgan fingerprint density at radius 1 is 1.56 bits per heavy atom. The lowest BCUT2D eigenvalue weighted by Crippen LogP contribution is -2.16. The van der Waals surface area contributed by atoms with E-state index in [-0.39, 0.29) is 5.92 Å². The lowest BCUT2D eigenvalue weighted by atomic mass is 9.89. The second-order valence-corrected chi connectivity index (χ2v) is 5.29. The highest BCUT2D eigenvalue weighted by atomic mass is 32.2. The number of benzene rings is 1. The minimum absolute atomic E-state index is 0.197. The number of hydrogen-bond donors (Lipinski definition) is 1. The smallest absolute Gasteiger partial charge is 0.306 e. The fourth-order valence-electron chi connectivity index (χ4n) is 2.21. The number of carboxylic acid groups (broad SMARTS) is 1. The van der Waals surface area contributed by atoms with Gasteiger partial charge in [0.1, 0.15) is 0 Å². The van der Waals surface area contributed by atoms with Crippen LogP contribution in [0.2, 0.25) is 0 Å². The molecule has 0 bridgehead atoms. The maximum atomic E-state index is 11.0. The average molecular weight is 236 g/mol. The number of carboxylic acids is 1. The van der Waals surface area contributed by atoms with E-state index in [0.717, 1.165) is 18.6 Å². The van der Waals surface area contributed by atoms with Crippen molar-refractivity contribution in [1.29, 1.82) is 0 Å². The van der Waals surface area contributed by atoms with E-state index in [9.17, 15) is 4.79 Å². The number of thioether (sulfide) groups is 1. The summed E-state index contributed by atoms with van der Waals surface area (Å²) < 4.78 is 0. The molecule has 86 valence electrons. The molecule has 0 fully saturated rings. The van der Waals surface area contributed by atoms with Crippen LogP contribution in [0.5, 0.6) is 0 Å². The number of fused-ring (bicyclic) bond motifs is 1. The van der Waals surface area contributed by atoms with Crippen LogP contribution >= 0.6 is 11.8 Å². The molecular weight excluding hydrogens is 220 g/mol. The Morgan fingerprint density at radius 3 is 3.00 bits per heavy atom. The molecule has 0 amide bonds. The quantitative estimate of drug-likeness (QED) is 0.870. The maximum Gasteiger partial charge on any atom is 0.306 e. The third-order valence-corrected chi connectivity index (χ3v) is 4.46. The normalized spacial score (nSPS) is 20.4. The van der Waals surface area contributed by atoms with Crippen molar-refractivity contribution >= 4 is 17.7 Å². The first-order valence-corrected chi connectivity index (χ1v) is 6.65. The molecule has 16 heavy (non-hydrogen) atoms. The van der Waals surface area contributed by atoms with E-state index in [1.54, 1.807) is 0 Å². The van der Waals surface area contributed by atoms with Crippen molar-refractivity contribution in [3.63, 3.8) is 0 Å². The zero-order valence-corrected chi connectivity index (χ0v) is 10.2. The Labute approximate surface area is 100 Å². The van der Waals surface area contributed by atoms with Gasteiger partial charge in [-0.1, -0.05) is 25.1 Å². The van der Waals surface area contributed by atoms with Gasteiger partial charge in [0.05, 0.1) is 5.92 Å². The second kappa shape index (κ2) is 4.91. The van der Waals surface area contributed by atoms with Gasteiger partial charge in [0.25, 0.3) is 0 Å². The minimum Gasteiger partial charge on any atom is -0.481 e. The second-order valence-electron chi connectivity index (χ2n) is 4.22.